The minimum Gasteiger partial charge on any atom is -0.353 e. The molecule has 0 aliphatic rings. The van der Waals surface area contributed by atoms with Crippen LogP contribution in [0.25, 0.3) is 22.3 Å². The summed E-state index contributed by atoms with van der Waals surface area (Å²) in [5.74, 6) is 0.0171. The third-order valence-corrected chi connectivity index (χ3v) is 4.91. The normalized spacial score (nSPS) is 10.9. The van der Waals surface area contributed by atoms with Gasteiger partial charge in [0.15, 0.2) is 0 Å². The predicted octanol–water partition coefficient (Wildman–Crippen LogP) is 5.84. The SMILES string of the molecule is O=C(CCCc1c(-c2ccccn2)[nH]c2ccc(Cl)cc12)Nc1ccccc1. The lowest BCUT2D eigenvalue weighted by atomic mass is 10.0. The molecule has 2 N–H and O–H groups in total. The summed E-state index contributed by atoms with van der Waals surface area (Å²) in [4.78, 5) is 20.2. The Labute approximate surface area is 168 Å². The molecular weight excluding hydrogens is 370 g/mol. The van der Waals surface area contributed by atoms with Crippen molar-refractivity contribution in [3.63, 3.8) is 0 Å². The first-order chi connectivity index (χ1) is 13.7. The van der Waals surface area contributed by atoms with Crippen molar-refractivity contribution in [2.75, 3.05) is 5.32 Å². The zero-order chi connectivity index (χ0) is 19.3. The van der Waals surface area contributed by atoms with Crippen LogP contribution in [0, 0.1) is 0 Å². The van der Waals surface area contributed by atoms with E-state index in [9.17, 15) is 4.79 Å². The van der Waals surface area contributed by atoms with Crippen LogP contribution in [0.3, 0.4) is 0 Å². The van der Waals surface area contributed by atoms with E-state index in [0.29, 0.717) is 11.4 Å². The summed E-state index contributed by atoms with van der Waals surface area (Å²) in [7, 11) is 0. The van der Waals surface area contributed by atoms with Gasteiger partial charge in [-0.15, -0.1) is 0 Å². The van der Waals surface area contributed by atoms with Crippen molar-refractivity contribution >= 4 is 34.1 Å². The Hall–Kier alpha value is -3.11. The van der Waals surface area contributed by atoms with Crippen LogP contribution in [0.5, 0.6) is 0 Å². The maximum Gasteiger partial charge on any atom is 0.224 e. The Bertz CT molecular complexity index is 1090. The topological polar surface area (TPSA) is 57.8 Å². The van der Waals surface area contributed by atoms with Gasteiger partial charge in [0.05, 0.1) is 11.4 Å². The second kappa shape index (κ2) is 8.28. The number of para-hydroxylation sites is 1. The van der Waals surface area contributed by atoms with E-state index < -0.39 is 0 Å². The Morgan fingerprint density at radius 3 is 2.64 bits per heavy atom. The molecule has 0 bridgehead atoms. The fraction of sp³-hybridized carbons (Fsp3) is 0.130. The highest BCUT2D eigenvalue weighted by Gasteiger charge is 2.15. The number of carbonyl (C=O) groups is 1. The summed E-state index contributed by atoms with van der Waals surface area (Å²) in [5.41, 5.74) is 4.86. The molecule has 4 aromatic rings. The molecule has 0 radical (unpaired) electrons. The number of H-pyrrole nitrogens is 1. The first-order valence-electron chi connectivity index (χ1n) is 9.27. The van der Waals surface area contributed by atoms with E-state index in [1.807, 2.05) is 66.7 Å². The summed E-state index contributed by atoms with van der Waals surface area (Å²) < 4.78 is 0. The fourth-order valence-corrected chi connectivity index (χ4v) is 3.55. The summed E-state index contributed by atoms with van der Waals surface area (Å²) in [6, 6.07) is 21.2. The van der Waals surface area contributed by atoms with Crippen LogP contribution in [0.4, 0.5) is 5.69 Å². The van der Waals surface area contributed by atoms with Gasteiger partial charge in [-0.05, 0) is 60.9 Å². The number of hydrogen-bond acceptors (Lipinski definition) is 2. The summed E-state index contributed by atoms with van der Waals surface area (Å²) in [6.07, 6.45) is 3.72. The number of carbonyl (C=O) groups excluding carboxylic acids is 1. The van der Waals surface area contributed by atoms with E-state index in [2.05, 4.69) is 15.3 Å². The molecule has 5 heteroatoms. The maximum absolute atomic E-state index is 12.3. The van der Waals surface area contributed by atoms with Gasteiger partial charge in [-0.1, -0.05) is 35.9 Å². The molecule has 2 heterocycles. The van der Waals surface area contributed by atoms with E-state index in [-0.39, 0.29) is 5.91 Å². The number of aromatic nitrogens is 2. The molecule has 4 rings (SSSR count). The molecule has 28 heavy (non-hydrogen) atoms. The summed E-state index contributed by atoms with van der Waals surface area (Å²) in [6.45, 7) is 0. The number of benzene rings is 2. The number of halogens is 1. The van der Waals surface area contributed by atoms with Crippen molar-refractivity contribution in [3.05, 3.63) is 83.5 Å². The Balaban J connectivity index is 1.54. The molecule has 2 aromatic carbocycles. The molecule has 0 atom stereocenters. The third kappa shape index (κ3) is 4.07. The van der Waals surface area contributed by atoms with E-state index in [4.69, 9.17) is 11.6 Å². The average Bonchev–Trinajstić information content (AvgIpc) is 3.07. The van der Waals surface area contributed by atoms with Gasteiger partial charge >= 0.3 is 0 Å². The van der Waals surface area contributed by atoms with Crippen LogP contribution in [0.1, 0.15) is 18.4 Å². The number of hydrogen-bond donors (Lipinski definition) is 2. The number of aromatic amines is 1. The van der Waals surface area contributed by atoms with Crippen molar-refractivity contribution in [1.82, 2.24) is 9.97 Å². The number of nitrogens with one attached hydrogen (secondary N) is 2. The molecule has 0 saturated heterocycles. The lowest BCUT2D eigenvalue weighted by Crippen LogP contribution is -2.11. The standard InChI is InChI=1S/C23H20ClN3O/c24-16-12-13-20-19(15-16)18(23(27-20)21-10-4-5-14-25-21)9-6-11-22(28)26-17-7-2-1-3-8-17/h1-5,7-8,10,12-15,27H,6,9,11H2,(H,26,28). The number of amides is 1. The molecule has 0 fully saturated rings. The highest BCUT2D eigenvalue weighted by Crippen LogP contribution is 2.32. The second-order valence-corrected chi connectivity index (χ2v) is 7.09. The van der Waals surface area contributed by atoms with Crippen molar-refractivity contribution in [2.45, 2.75) is 19.3 Å². The van der Waals surface area contributed by atoms with E-state index in [0.717, 1.165) is 46.4 Å². The van der Waals surface area contributed by atoms with Crippen molar-refractivity contribution < 1.29 is 4.79 Å². The van der Waals surface area contributed by atoms with E-state index in [1.54, 1.807) is 6.20 Å². The van der Waals surface area contributed by atoms with Gasteiger partial charge in [0, 0.05) is 34.2 Å². The van der Waals surface area contributed by atoms with Gasteiger partial charge in [0.25, 0.3) is 0 Å². The van der Waals surface area contributed by atoms with Crippen molar-refractivity contribution in [3.8, 4) is 11.4 Å². The smallest absolute Gasteiger partial charge is 0.224 e. The van der Waals surface area contributed by atoms with E-state index >= 15 is 0 Å². The highest BCUT2D eigenvalue weighted by atomic mass is 35.5. The average molecular weight is 390 g/mol. The van der Waals surface area contributed by atoms with Gasteiger partial charge < -0.3 is 10.3 Å². The predicted molar refractivity (Wildman–Crippen MR) is 115 cm³/mol. The first kappa shape index (κ1) is 18.3. The van der Waals surface area contributed by atoms with Crippen LogP contribution in [0.2, 0.25) is 5.02 Å². The lowest BCUT2D eigenvalue weighted by molar-refractivity contribution is -0.116. The number of nitrogens with zero attached hydrogens (tertiary/aromatic N) is 1. The molecule has 0 aliphatic heterocycles. The van der Waals surface area contributed by atoms with Gasteiger partial charge in [-0.3, -0.25) is 9.78 Å². The van der Waals surface area contributed by atoms with Crippen LogP contribution in [-0.2, 0) is 11.2 Å². The van der Waals surface area contributed by atoms with Crippen molar-refractivity contribution in [1.29, 1.82) is 0 Å². The van der Waals surface area contributed by atoms with E-state index in [1.165, 1.54) is 0 Å². The third-order valence-electron chi connectivity index (χ3n) is 4.68. The molecule has 0 unspecified atom stereocenters. The Morgan fingerprint density at radius 1 is 1.04 bits per heavy atom. The summed E-state index contributed by atoms with van der Waals surface area (Å²) in [5, 5.41) is 4.71. The molecular formula is C23H20ClN3O. The van der Waals surface area contributed by atoms with Crippen LogP contribution >= 0.6 is 11.6 Å². The minimum absolute atomic E-state index is 0.0171. The molecule has 1 amide bonds. The molecule has 140 valence electrons. The first-order valence-corrected chi connectivity index (χ1v) is 9.65. The summed E-state index contributed by atoms with van der Waals surface area (Å²) >= 11 is 6.23. The van der Waals surface area contributed by atoms with Gasteiger partial charge in [-0.2, -0.15) is 0 Å². The second-order valence-electron chi connectivity index (χ2n) is 6.65. The molecule has 2 aromatic heterocycles. The molecule has 0 saturated carbocycles. The minimum atomic E-state index is 0.0171. The molecule has 0 aliphatic carbocycles. The molecule has 4 nitrogen and oxygen atoms in total. The number of rotatable bonds is 6. The van der Waals surface area contributed by atoms with Crippen LogP contribution in [0.15, 0.2) is 72.9 Å². The Kier molecular flexibility index (Phi) is 5.40. The lowest BCUT2D eigenvalue weighted by Gasteiger charge is -2.07. The Morgan fingerprint density at radius 2 is 1.86 bits per heavy atom. The number of pyridine rings is 1. The van der Waals surface area contributed by atoms with Crippen LogP contribution in [-0.4, -0.2) is 15.9 Å². The maximum atomic E-state index is 12.3. The van der Waals surface area contributed by atoms with Gasteiger partial charge in [0.1, 0.15) is 0 Å². The quantitative estimate of drug-likeness (QED) is 0.435. The largest absolute Gasteiger partial charge is 0.353 e. The zero-order valence-corrected chi connectivity index (χ0v) is 16.0. The zero-order valence-electron chi connectivity index (χ0n) is 15.3. The fourth-order valence-electron chi connectivity index (χ4n) is 3.38. The highest BCUT2D eigenvalue weighted by molar-refractivity contribution is 6.31. The van der Waals surface area contributed by atoms with Crippen molar-refractivity contribution in [2.24, 2.45) is 0 Å². The number of anilines is 1. The number of aryl methyl sites for hydroxylation is 1. The number of fused-ring (bicyclic) bond motifs is 1. The molecule has 0 spiro atoms. The monoisotopic (exact) mass is 389 g/mol. The van der Waals surface area contributed by atoms with Gasteiger partial charge in [-0.25, -0.2) is 0 Å². The van der Waals surface area contributed by atoms with Crippen LogP contribution < -0.4 is 5.32 Å². The van der Waals surface area contributed by atoms with Gasteiger partial charge in [0.2, 0.25) is 5.91 Å².